The van der Waals surface area contributed by atoms with Crippen molar-refractivity contribution in [1.82, 2.24) is 14.1 Å². The van der Waals surface area contributed by atoms with Crippen LogP contribution in [0, 0.1) is 0 Å². The molecule has 0 aliphatic carbocycles. The Kier molecular flexibility index (Phi) is 3.38. The Bertz CT molecular complexity index is 1460. The lowest BCUT2D eigenvalue weighted by Crippen LogP contribution is -2.01. The van der Waals surface area contributed by atoms with Gasteiger partial charge in [0.1, 0.15) is 5.69 Å². The lowest BCUT2D eigenvalue weighted by Gasteiger charge is -2.13. The lowest BCUT2D eigenvalue weighted by atomic mass is 10.2. The first kappa shape index (κ1) is 16.1. The van der Waals surface area contributed by atoms with Crippen LogP contribution in [0.2, 0.25) is 0 Å². The van der Waals surface area contributed by atoms with Crippen LogP contribution < -0.4 is 0 Å². The highest BCUT2D eigenvalue weighted by molar-refractivity contribution is 6.09. The number of para-hydroxylation sites is 3. The minimum Gasteiger partial charge on any atom is -0.342 e. The Morgan fingerprint density at radius 2 is 1.28 bits per heavy atom. The van der Waals surface area contributed by atoms with E-state index in [0.29, 0.717) is 0 Å². The molecule has 3 aromatic carbocycles. The summed E-state index contributed by atoms with van der Waals surface area (Å²) in [5, 5.41) is 3.74. The van der Waals surface area contributed by atoms with E-state index in [2.05, 4.69) is 101 Å². The normalized spacial score (nSPS) is 11.6. The SMILES string of the molecule is Cn1c(-c2ncccc2-n2c3ccccc3c3ccccc32)cc2ccccc21. The summed E-state index contributed by atoms with van der Waals surface area (Å²) in [4.78, 5) is 4.83. The third-order valence-electron chi connectivity index (χ3n) is 5.80. The van der Waals surface area contributed by atoms with Crippen molar-refractivity contribution in [3.8, 4) is 17.1 Å². The molecule has 0 saturated heterocycles. The molecule has 0 aliphatic rings. The fourth-order valence-corrected chi connectivity index (χ4v) is 4.47. The van der Waals surface area contributed by atoms with Crippen LogP contribution in [0.25, 0.3) is 49.8 Å². The molecule has 0 amide bonds. The third-order valence-corrected chi connectivity index (χ3v) is 5.80. The van der Waals surface area contributed by atoms with E-state index < -0.39 is 0 Å². The molecule has 6 rings (SSSR count). The molecule has 3 aromatic heterocycles. The Hall–Kier alpha value is -3.85. The second kappa shape index (κ2) is 6.08. The van der Waals surface area contributed by atoms with Gasteiger partial charge in [-0.1, -0.05) is 54.6 Å². The summed E-state index contributed by atoms with van der Waals surface area (Å²) in [7, 11) is 2.11. The highest BCUT2D eigenvalue weighted by Gasteiger charge is 2.18. The molecule has 29 heavy (non-hydrogen) atoms. The molecule has 0 spiro atoms. The summed E-state index contributed by atoms with van der Waals surface area (Å²) in [5.74, 6) is 0. The lowest BCUT2D eigenvalue weighted by molar-refractivity contribution is 0.965. The van der Waals surface area contributed by atoms with Crippen molar-refractivity contribution in [3.63, 3.8) is 0 Å². The smallest absolute Gasteiger partial charge is 0.111 e. The zero-order valence-corrected chi connectivity index (χ0v) is 16.1. The molecule has 0 saturated carbocycles. The number of benzene rings is 3. The molecule has 0 bridgehead atoms. The van der Waals surface area contributed by atoms with E-state index >= 15 is 0 Å². The molecule has 6 aromatic rings. The van der Waals surface area contributed by atoms with Crippen molar-refractivity contribution in [3.05, 3.63) is 97.2 Å². The molecule has 0 N–H and O–H groups in total. The van der Waals surface area contributed by atoms with Gasteiger partial charge in [0.25, 0.3) is 0 Å². The molecule has 3 heteroatoms. The minimum atomic E-state index is 0.984. The maximum atomic E-state index is 4.83. The third kappa shape index (κ3) is 2.28. The average Bonchev–Trinajstić information content (AvgIpc) is 3.29. The fraction of sp³-hybridized carbons (Fsp3) is 0.0385. The van der Waals surface area contributed by atoms with E-state index in [4.69, 9.17) is 4.98 Å². The Morgan fingerprint density at radius 1 is 0.655 bits per heavy atom. The largest absolute Gasteiger partial charge is 0.342 e. The summed E-state index contributed by atoms with van der Waals surface area (Å²) in [6, 6.07) is 32.1. The van der Waals surface area contributed by atoms with Gasteiger partial charge in [-0.25, -0.2) is 0 Å². The average molecular weight is 373 g/mol. The zero-order chi connectivity index (χ0) is 19.4. The first-order valence-corrected chi connectivity index (χ1v) is 9.81. The molecule has 0 atom stereocenters. The number of pyridine rings is 1. The topological polar surface area (TPSA) is 22.8 Å². The van der Waals surface area contributed by atoms with Gasteiger partial charge in [0, 0.05) is 34.9 Å². The summed E-state index contributed by atoms with van der Waals surface area (Å²) in [6.45, 7) is 0. The van der Waals surface area contributed by atoms with E-state index in [0.717, 1.165) is 17.1 Å². The van der Waals surface area contributed by atoms with Crippen molar-refractivity contribution in [2.45, 2.75) is 0 Å². The maximum absolute atomic E-state index is 4.83. The molecule has 138 valence electrons. The van der Waals surface area contributed by atoms with Gasteiger partial charge in [0.15, 0.2) is 0 Å². The maximum Gasteiger partial charge on any atom is 0.111 e. The molecular formula is C26H19N3. The van der Waals surface area contributed by atoms with Gasteiger partial charge in [-0.2, -0.15) is 0 Å². The van der Waals surface area contributed by atoms with Gasteiger partial charge < -0.3 is 9.13 Å². The Morgan fingerprint density at radius 3 is 1.97 bits per heavy atom. The highest BCUT2D eigenvalue weighted by Crippen LogP contribution is 2.36. The number of aromatic nitrogens is 3. The summed E-state index contributed by atoms with van der Waals surface area (Å²) >= 11 is 0. The van der Waals surface area contributed by atoms with Crippen LogP contribution in [0.4, 0.5) is 0 Å². The molecule has 0 unspecified atom stereocenters. The van der Waals surface area contributed by atoms with Gasteiger partial charge in [0.05, 0.1) is 22.4 Å². The van der Waals surface area contributed by atoms with Crippen molar-refractivity contribution in [1.29, 1.82) is 0 Å². The van der Waals surface area contributed by atoms with Crippen LogP contribution in [0.15, 0.2) is 97.2 Å². The van der Waals surface area contributed by atoms with Crippen molar-refractivity contribution in [2.24, 2.45) is 7.05 Å². The van der Waals surface area contributed by atoms with Gasteiger partial charge in [-0.15, -0.1) is 0 Å². The predicted molar refractivity (Wildman–Crippen MR) is 120 cm³/mol. The van der Waals surface area contributed by atoms with E-state index in [1.54, 1.807) is 0 Å². The first-order chi connectivity index (χ1) is 14.3. The standard InChI is InChI=1S/C26H19N3/c1-28-21-12-5-2-9-18(21)17-25(28)26-24(15-8-16-27-26)29-22-13-6-3-10-19(22)20-11-4-7-14-23(20)29/h2-17H,1H3. The second-order valence-electron chi connectivity index (χ2n) is 7.39. The van der Waals surface area contributed by atoms with Crippen molar-refractivity contribution >= 4 is 32.7 Å². The zero-order valence-electron chi connectivity index (χ0n) is 16.1. The van der Waals surface area contributed by atoms with Crippen molar-refractivity contribution < 1.29 is 0 Å². The van der Waals surface area contributed by atoms with Gasteiger partial charge in [-0.05, 0) is 36.4 Å². The van der Waals surface area contributed by atoms with Crippen LogP contribution in [0.1, 0.15) is 0 Å². The van der Waals surface area contributed by atoms with Crippen LogP contribution in [0.5, 0.6) is 0 Å². The first-order valence-electron chi connectivity index (χ1n) is 9.81. The number of hydrogen-bond acceptors (Lipinski definition) is 1. The number of fused-ring (bicyclic) bond motifs is 4. The molecule has 0 aliphatic heterocycles. The predicted octanol–water partition coefficient (Wildman–Crippen LogP) is 6.34. The summed E-state index contributed by atoms with van der Waals surface area (Å²) < 4.78 is 4.57. The Labute approximate surface area is 168 Å². The summed E-state index contributed by atoms with van der Waals surface area (Å²) in [6.07, 6.45) is 1.88. The van der Waals surface area contributed by atoms with E-state index in [1.807, 2.05) is 12.3 Å². The van der Waals surface area contributed by atoms with E-state index in [1.165, 1.54) is 32.7 Å². The fourth-order valence-electron chi connectivity index (χ4n) is 4.47. The van der Waals surface area contributed by atoms with Crippen LogP contribution >= 0.6 is 0 Å². The summed E-state index contributed by atoms with van der Waals surface area (Å²) in [5.41, 5.74) is 6.79. The number of hydrogen-bond donors (Lipinski definition) is 0. The Balaban J connectivity index is 1.73. The van der Waals surface area contributed by atoms with Gasteiger partial charge in [-0.3, -0.25) is 4.98 Å². The number of aryl methyl sites for hydroxylation is 1. The quantitative estimate of drug-likeness (QED) is 0.347. The monoisotopic (exact) mass is 373 g/mol. The molecule has 3 heterocycles. The van der Waals surface area contributed by atoms with Crippen LogP contribution in [-0.2, 0) is 7.05 Å². The molecular weight excluding hydrogens is 354 g/mol. The van der Waals surface area contributed by atoms with E-state index in [-0.39, 0.29) is 0 Å². The van der Waals surface area contributed by atoms with Crippen LogP contribution in [0.3, 0.4) is 0 Å². The van der Waals surface area contributed by atoms with Crippen LogP contribution in [-0.4, -0.2) is 14.1 Å². The van der Waals surface area contributed by atoms with Gasteiger partial charge >= 0.3 is 0 Å². The number of rotatable bonds is 2. The molecule has 0 radical (unpaired) electrons. The number of nitrogens with zero attached hydrogens (tertiary/aromatic N) is 3. The highest BCUT2D eigenvalue weighted by atomic mass is 15.0. The van der Waals surface area contributed by atoms with E-state index in [9.17, 15) is 0 Å². The molecule has 0 fully saturated rings. The second-order valence-corrected chi connectivity index (χ2v) is 7.39. The van der Waals surface area contributed by atoms with Gasteiger partial charge in [0.2, 0.25) is 0 Å². The van der Waals surface area contributed by atoms with Crippen molar-refractivity contribution in [2.75, 3.05) is 0 Å². The minimum absolute atomic E-state index is 0.984. The molecule has 3 nitrogen and oxygen atoms in total.